The van der Waals surface area contributed by atoms with Crippen molar-refractivity contribution in [1.29, 1.82) is 0 Å². The van der Waals surface area contributed by atoms with E-state index in [0.29, 0.717) is 5.69 Å². The van der Waals surface area contributed by atoms with Gasteiger partial charge < -0.3 is 10.1 Å². The molecule has 0 aliphatic carbocycles. The van der Waals surface area contributed by atoms with Crippen LogP contribution in [-0.2, 0) is 20.7 Å². The number of benzene rings is 1. The van der Waals surface area contributed by atoms with E-state index in [9.17, 15) is 9.59 Å². The maximum atomic E-state index is 12.5. The van der Waals surface area contributed by atoms with Crippen LogP contribution in [0.4, 0.5) is 5.69 Å². The first kappa shape index (κ1) is 17.7. The van der Waals surface area contributed by atoms with Crippen LogP contribution >= 0.6 is 0 Å². The van der Waals surface area contributed by atoms with Crippen molar-refractivity contribution in [3.05, 3.63) is 47.3 Å². The molecule has 2 aromatic rings. The molecule has 0 fully saturated rings. The first-order valence-electron chi connectivity index (χ1n) is 7.93. The van der Waals surface area contributed by atoms with Crippen LogP contribution in [0, 0.1) is 19.8 Å². The molecule has 128 valence electrons. The number of aromatic nitrogens is 2. The molecule has 1 aromatic carbocycles. The smallest absolute Gasteiger partial charge is 0.312 e. The minimum atomic E-state index is -0.847. The highest BCUT2D eigenvalue weighted by molar-refractivity contribution is 5.96. The van der Waals surface area contributed by atoms with Crippen LogP contribution in [0.1, 0.15) is 30.7 Å². The van der Waals surface area contributed by atoms with Gasteiger partial charge >= 0.3 is 5.97 Å². The molecule has 6 heteroatoms. The summed E-state index contributed by atoms with van der Waals surface area (Å²) in [7, 11) is 0. The van der Waals surface area contributed by atoms with Gasteiger partial charge in [0.25, 0.3) is 5.91 Å². The van der Waals surface area contributed by atoms with Gasteiger partial charge in [0.05, 0.1) is 6.42 Å². The Morgan fingerprint density at radius 3 is 2.62 bits per heavy atom. The number of amides is 1. The summed E-state index contributed by atoms with van der Waals surface area (Å²) < 4.78 is 5.39. The maximum absolute atomic E-state index is 12.5. The minimum absolute atomic E-state index is 0.0555. The summed E-state index contributed by atoms with van der Waals surface area (Å²) in [6.45, 7) is 7.61. The molecule has 1 heterocycles. The quantitative estimate of drug-likeness (QED) is 0.798. The van der Waals surface area contributed by atoms with Crippen LogP contribution in [0.5, 0.6) is 0 Å². The number of aryl methyl sites for hydroxylation is 1. The van der Waals surface area contributed by atoms with Gasteiger partial charge in [-0.05, 0) is 43.0 Å². The summed E-state index contributed by atoms with van der Waals surface area (Å²) in [5, 5.41) is 9.35. The van der Waals surface area contributed by atoms with Crippen LogP contribution in [0.3, 0.4) is 0 Å². The van der Waals surface area contributed by atoms with Gasteiger partial charge in [-0.2, -0.15) is 5.10 Å². The number of hydrogen-bond donors (Lipinski definition) is 2. The summed E-state index contributed by atoms with van der Waals surface area (Å²) in [4.78, 5) is 24.6. The molecule has 6 nitrogen and oxygen atoms in total. The standard InChI is InChI=1S/C18H23N3O3/c1-11(2)17(24-16(22)10-14-8-9-19-21-14)18(23)20-15-7-5-6-12(3)13(15)4/h5-9,11,17H,10H2,1-4H3,(H,19,21)(H,20,23). The number of nitrogens with zero attached hydrogens (tertiary/aromatic N) is 1. The van der Waals surface area contributed by atoms with E-state index in [4.69, 9.17) is 4.74 Å². The number of anilines is 1. The first-order valence-corrected chi connectivity index (χ1v) is 7.93. The van der Waals surface area contributed by atoms with Gasteiger partial charge in [0.2, 0.25) is 0 Å². The van der Waals surface area contributed by atoms with Crippen LogP contribution in [0.15, 0.2) is 30.5 Å². The number of hydrogen-bond acceptors (Lipinski definition) is 4. The molecule has 2 rings (SSSR count). The second-order valence-corrected chi connectivity index (χ2v) is 6.15. The summed E-state index contributed by atoms with van der Waals surface area (Å²) in [6, 6.07) is 7.40. The van der Waals surface area contributed by atoms with E-state index in [0.717, 1.165) is 16.8 Å². The fraction of sp³-hybridized carbons (Fsp3) is 0.389. The number of nitrogens with one attached hydrogen (secondary N) is 2. The Hall–Kier alpha value is -2.63. The van der Waals surface area contributed by atoms with Gasteiger partial charge in [-0.3, -0.25) is 14.7 Å². The lowest BCUT2D eigenvalue weighted by molar-refractivity contribution is -0.156. The van der Waals surface area contributed by atoms with Crippen LogP contribution in [-0.4, -0.2) is 28.2 Å². The van der Waals surface area contributed by atoms with E-state index < -0.39 is 12.1 Å². The lowest BCUT2D eigenvalue weighted by Crippen LogP contribution is -2.37. The van der Waals surface area contributed by atoms with Gasteiger partial charge in [0.1, 0.15) is 0 Å². The van der Waals surface area contributed by atoms with E-state index in [1.54, 1.807) is 12.3 Å². The van der Waals surface area contributed by atoms with Crippen molar-refractivity contribution in [2.75, 3.05) is 5.32 Å². The molecule has 0 aliphatic rings. The summed E-state index contributed by atoms with van der Waals surface area (Å²) >= 11 is 0. The number of esters is 1. The molecule has 1 aromatic heterocycles. The Balaban J connectivity index is 2.05. The van der Waals surface area contributed by atoms with Gasteiger partial charge in [-0.1, -0.05) is 26.0 Å². The predicted molar refractivity (Wildman–Crippen MR) is 91.6 cm³/mol. The normalized spacial score (nSPS) is 12.0. The highest BCUT2D eigenvalue weighted by Gasteiger charge is 2.27. The molecule has 0 bridgehead atoms. The molecule has 0 saturated carbocycles. The summed E-state index contributed by atoms with van der Waals surface area (Å²) in [5.41, 5.74) is 3.47. The third-order valence-corrected chi connectivity index (χ3v) is 3.88. The molecule has 1 unspecified atom stereocenters. The maximum Gasteiger partial charge on any atom is 0.312 e. The van der Waals surface area contributed by atoms with Gasteiger partial charge in [0, 0.05) is 17.6 Å². The summed E-state index contributed by atoms with van der Waals surface area (Å²) in [5.74, 6) is -0.924. The molecule has 24 heavy (non-hydrogen) atoms. The summed E-state index contributed by atoms with van der Waals surface area (Å²) in [6.07, 6.45) is 0.774. The Labute approximate surface area is 141 Å². The lowest BCUT2D eigenvalue weighted by atomic mass is 10.0. The van der Waals surface area contributed by atoms with E-state index in [1.165, 1.54) is 0 Å². The average molecular weight is 329 g/mol. The SMILES string of the molecule is Cc1cccc(NC(=O)C(OC(=O)Cc2ccn[nH]2)C(C)C)c1C. The van der Waals surface area contributed by atoms with Crippen molar-refractivity contribution in [2.45, 2.75) is 40.2 Å². The fourth-order valence-corrected chi connectivity index (χ4v) is 2.30. The zero-order chi connectivity index (χ0) is 17.7. The number of aromatic amines is 1. The van der Waals surface area contributed by atoms with Crippen molar-refractivity contribution in [2.24, 2.45) is 5.92 Å². The van der Waals surface area contributed by atoms with E-state index >= 15 is 0 Å². The van der Waals surface area contributed by atoms with E-state index in [1.807, 2.05) is 45.9 Å². The van der Waals surface area contributed by atoms with Crippen LogP contribution in [0.2, 0.25) is 0 Å². The largest absolute Gasteiger partial charge is 0.452 e. The molecular formula is C18H23N3O3. The Bertz CT molecular complexity index is 708. The molecule has 1 atom stereocenters. The Morgan fingerprint density at radius 1 is 1.25 bits per heavy atom. The third kappa shape index (κ3) is 4.44. The second-order valence-electron chi connectivity index (χ2n) is 6.15. The highest BCUT2D eigenvalue weighted by Crippen LogP contribution is 2.19. The van der Waals surface area contributed by atoms with Gasteiger partial charge in [-0.15, -0.1) is 0 Å². The van der Waals surface area contributed by atoms with Crippen molar-refractivity contribution in [3.8, 4) is 0 Å². The Kier molecular flexibility index (Phi) is 5.73. The lowest BCUT2D eigenvalue weighted by Gasteiger charge is -2.21. The molecule has 0 spiro atoms. The highest BCUT2D eigenvalue weighted by atomic mass is 16.5. The molecule has 2 N–H and O–H groups in total. The number of carbonyl (C=O) groups excluding carboxylic acids is 2. The zero-order valence-corrected chi connectivity index (χ0v) is 14.4. The van der Waals surface area contributed by atoms with Gasteiger partial charge in [0.15, 0.2) is 6.10 Å². The Morgan fingerprint density at radius 2 is 2.00 bits per heavy atom. The van der Waals surface area contributed by atoms with Crippen molar-refractivity contribution >= 4 is 17.6 Å². The predicted octanol–water partition coefficient (Wildman–Crippen LogP) is 2.78. The van der Waals surface area contributed by atoms with E-state index in [-0.39, 0.29) is 18.2 Å². The molecule has 1 amide bonds. The molecular weight excluding hydrogens is 306 g/mol. The number of H-pyrrole nitrogens is 1. The van der Waals surface area contributed by atoms with Crippen molar-refractivity contribution < 1.29 is 14.3 Å². The minimum Gasteiger partial charge on any atom is -0.452 e. The topological polar surface area (TPSA) is 84.1 Å². The van der Waals surface area contributed by atoms with Crippen LogP contribution in [0.25, 0.3) is 0 Å². The first-order chi connectivity index (χ1) is 11.4. The average Bonchev–Trinajstić information content (AvgIpc) is 3.02. The monoisotopic (exact) mass is 329 g/mol. The zero-order valence-electron chi connectivity index (χ0n) is 14.4. The van der Waals surface area contributed by atoms with E-state index in [2.05, 4.69) is 15.5 Å². The molecule has 0 saturated heterocycles. The molecule has 0 aliphatic heterocycles. The number of ether oxygens (including phenoxy) is 1. The fourth-order valence-electron chi connectivity index (χ4n) is 2.30. The van der Waals surface area contributed by atoms with Crippen LogP contribution < -0.4 is 5.32 Å². The van der Waals surface area contributed by atoms with Crippen molar-refractivity contribution in [1.82, 2.24) is 10.2 Å². The van der Waals surface area contributed by atoms with Gasteiger partial charge in [-0.25, -0.2) is 0 Å². The third-order valence-electron chi connectivity index (χ3n) is 3.88. The van der Waals surface area contributed by atoms with Crippen molar-refractivity contribution in [3.63, 3.8) is 0 Å². The second kappa shape index (κ2) is 7.77. The number of carbonyl (C=O) groups is 2. The molecule has 0 radical (unpaired) electrons. The number of rotatable bonds is 6.